The van der Waals surface area contributed by atoms with Crippen molar-refractivity contribution in [3.63, 3.8) is 0 Å². The largest absolute Gasteiger partial charge is 0.269 e. The minimum atomic E-state index is -3.51. The number of nitro benzene ring substituents is 1. The van der Waals surface area contributed by atoms with Gasteiger partial charge in [-0.05, 0) is 17.2 Å². The highest BCUT2D eigenvalue weighted by molar-refractivity contribution is 7.88. The van der Waals surface area contributed by atoms with E-state index in [0.29, 0.717) is 5.56 Å². The zero-order chi connectivity index (χ0) is 16.2. The minimum absolute atomic E-state index is 0.0649. The number of nitrogens with zero attached hydrogens (tertiary/aromatic N) is 3. The van der Waals surface area contributed by atoms with Gasteiger partial charge in [0.2, 0.25) is 10.0 Å². The molecule has 0 spiro atoms. The quantitative estimate of drug-likeness (QED) is 0.599. The first kappa shape index (κ1) is 16.1. The van der Waals surface area contributed by atoms with Gasteiger partial charge >= 0.3 is 0 Å². The van der Waals surface area contributed by atoms with Gasteiger partial charge < -0.3 is 0 Å². The molecular weight excluding hydrogens is 306 g/mol. The topological polar surface area (TPSA) is 93.4 Å². The number of rotatable bonds is 6. The number of sulfonamides is 1. The molecule has 8 heteroatoms. The number of benzene rings is 1. The van der Waals surface area contributed by atoms with E-state index in [0.717, 1.165) is 5.56 Å². The Morgan fingerprint density at radius 1 is 1.18 bits per heavy atom. The highest BCUT2D eigenvalue weighted by atomic mass is 32.2. The predicted molar refractivity (Wildman–Crippen MR) is 81.4 cm³/mol. The third-order valence-corrected chi connectivity index (χ3v) is 4.88. The number of pyridine rings is 1. The standard InChI is InChI=1S/C14H15N3O4S/c1-16(10-13-3-2-8-15-9-13)22(20,21)11-12-4-6-14(7-5-12)17(18)19/h2-9H,10-11H2,1H3. The summed E-state index contributed by atoms with van der Waals surface area (Å²) >= 11 is 0. The maximum Gasteiger partial charge on any atom is 0.269 e. The van der Waals surface area contributed by atoms with Crippen LogP contribution in [0, 0.1) is 10.1 Å². The highest BCUT2D eigenvalue weighted by Gasteiger charge is 2.19. The Kier molecular flexibility index (Phi) is 4.84. The second-order valence-electron chi connectivity index (χ2n) is 4.80. The van der Waals surface area contributed by atoms with Gasteiger partial charge in [-0.3, -0.25) is 15.1 Å². The van der Waals surface area contributed by atoms with E-state index in [4.69, 9.17) is 0 Å². The summed E-state index contributed by atoms with van der Waals surface area (Å²) in [4.78, 5) is 14.0. The summed E-state index contributed by atoms with van der Waals surface area (Å²) in [5.41, 5.74) is 1.23. The van der Waals surface area contributed by atoms with E-state index in [1.165, 1.54) is 35.6 Å². The molecule has 1 heterocycles. The van der Waals surface area contributed by atoms with E-state index in [1.807, 2.05) is 0 Å². The molecule has 0 atom stereocenters. The van der Waals surface area contributed by atoms with Crippen molar-refractivity contribution in [1.29, 1.82) is 0 Å². The molecule has 2 aromatic rings. The lowest BCUT2D eigenvalue weighted by atomic mass is 10.2. The lowest BCUT2D eigenvalue weighted by Crippen LogP contribution is -2.27. The molecule has 0 bridgehead atoms. The normalized spacial score (nSPS) is 11.5. The average Bonchev–Trinajstić information content (AvgIpc) is 2.48. The van der Waals surface area contributed by atoms with Gasteiger partial charge in [0.15, 0.2) is 0 Å². The van der Waals surface area contributed by atoms with Crippen molar-refractivity contribution in [3.8, 4) is 0 Å². The van der Waals surface area contributed by atoms with Crippen LogP contribution in [0.4, 0.5) is 5.69 Å². The summed E-state index contributed by atoms with van der Waals surface area (Å²) < 4.78 is 25.8. The molecule has 0 aliphatic carbocycles. The second kappa shape index (κ2) is 6.63. The van der Waals surface area contributed by atoms with Gasteiger partial charge in [-0.2, -0.15) is 0 Å². The molecule has 0 saturated carbocycles. The Hall–Kier alpha value is -2.32. The number of aromatic nitrogens is 1. The Bertz CT molecular complexity index is 745. The van der Waals surface area contributed by atoms with Crippen LogP contribution in [-0.4, -0.2) is 29.7 Å². The van der Waals surface area contributed by atoms with E-state index in [-0.39, 0.29) is 18.0 Å². The first-order chi connectivity index (χ1) is 10.4. The monoisotopic (exact) mass is 321 g/mol. The Balaban J connectivity index is 2.08. The van der Waals surface area contributed by atoms with Crippen molar-refractivity contribution in [2.75, 3.05) is 7.05 Å². The molecule has 7 nitrogen and oxygen atoms in total. The molecule has 1 aromatic carbocycles. The van der Waals surface area contributed by atoms with Crippen LogP contribution >= 0.6 is 0 Å². The van der Waals surface area contributed by atoms with Crippen LogP contribution in [0.2, 0.25) is 0 Å². The van der Waals surface area contributed by atoms with Crippen LogP contribution in [0.3, 0.4) is 0 Å². The second-order valence-corrected chi connectivity index (χ2v) is 6.87. The van der Waals surface area contributed by atoms with Crippen molar-refractivity contribution in [1.82, 2.24) is 9.29 Å². The SMILES string of the molecule is CN(Cc1cccnc1)S(=O)(=O)Cc1ccc([N+](=O)[O-])cc1. The van der Waals surface area contributed by atoms with Crippen LogP contribution in [0.1, 0.15) is 11.1 Å². The molecule has 0 aliphatic heterocycles. The summed E-state index contributed by atoms with van der Waals surface area (Å²) in [5, 5.41) is 10.6. The van der Waals surface area contributed by atoms with E-state index in [2.05, 4.69) is 4.98 Å². The van der Waals surface area contributed by atoms with Crippen molar-refractivity contribution < 1.29 is 13.3 Å². The Labute approximate surface area is 128 Å². The van der Waals surface area contributed by atoms with Crippen LogP contribution in [0.25, 0.3) is 0 Å². The molecule has 0 N–H and O–H groups in total. The molecule has 0 aliphatic rings. The molecule has 0 fully saturated rings. The fourth-order valence-electron chi connectivity index (χ4n) is 1.88. The summed E-state index contributed by atoms with van der Waals surface area (Å²) in [6, 6.07) is 9.04. The van der Waals surface area contributed by atoms with Crippen LogP contribution in [-0.2, 0) is 22.3 Å². The van der Waals surface area contributed by atoms with Gasteiger partial charge in [-0.15, -0.1) is 0 Å². The van der Waals surface area contributed by atoms with Crippen molar-refractivity contribution >= 4 is 15.7 Å². The summed E-state index contributed by atoms with van der Waals surface area (Å²) in [6.07, 6.45) is 3.23. The average molecular weight is 321 g/mol. The summed E-state index contributed by atoms with van der Waals surface area (Å²) in [5.74, 6) is -0.207. The lowest BCUT2D eigenvalue weighted by Gasteiger charge is -2.17. The van der Waals surface area contributed by atoms with Crippen LogP contribution in [0.15, 0.2) is 48.8 Å². The summed E-state index contributed by atoms with van der Waals surface area (Å²) in [6.45, 7) is 0.225. The van der Waals surface area contributed by atoms with E-state index >= 15 is 0 Å². The maximum atomic E-state index is 12.3. The van der Waals surface area contributed by atoms with Gasteiger partial charge in [0, 0.05) is 38.1 Å². The molecular formula is C14H15N3O4S. The van der Waals surface area contributed by atoms with E-state index in [1.54, 1.807) is 24.5 Å². The highest BCUT2D eigenvalue weighted by Crippen LogP contribution is 2.16. The molecule has 0 unspecified atom stereocenters. The Morgan fingerprint density at radius 2 is 1.86 bits per heavy atom. The molecule has 0 amide bonds. The van der Waals surface area contributed by atoms with E-state index < -0.39 is 14.9 Å². The third-order valence-electron chi connectivity index (χ3n) is 3.10. The van der Waals surface area contributed by atoms with Gasteiger partial charge in [0.25, 0.3) is 5.69 Å². The third kappa shape index (κ3) is 4.09. The number of non-ortho nitro benzene ring substituents is 1. The predicted octanol–water partition coefficient (Wildman–Crippen LogP) is 1.95. The van der Waals surface area contributed by atoms with E-state index in [9.17, 15) is 18.5 Å². The van der Waals surface area contributed by atoms with Gasteiger partial charge in [-0.25, -0.2) is 12.7 Å². The van der Waals surface area contributed by atoms with Crippen LogP contribution in [0.5, 0.6) is 0 Å². The van der Waals surface area contributed by atoms with Crippen LogP contribution < -0.4 is 0 Å². The molecule has 2 rings (SSSR count). The minimum Gasteiger partial charge on any atom is -0.264 e. The molecule has 0 saturated heterocycles. The van der Waals surface area contributed by atoms with Gasteiger partial charge in [-0.1, -0.05) is 18.2 Å². The Morgan fingerprint density at radius 3 is 2.41 bits per heavy atom. The first-order valence-corrected chi connectivity index (χ1v) is 8.05. The fraction of sp³-hybridized carbons (Fsp3) is 0.214. The maximum absolute atomic E-state index is 12.3. The zero-order valence-electron chi connectivity index (χ0n) is 11.9. The van der Waals surface area contributed by atoms with Crippen molar-refractivity contribution in [3.05, 3.63) is 70.0 Å². The number of nitro groups is 1. The smallest absolute Gasteiger partial charge is 0.264 e. The molecule has 0 radical (unpaired) electrons. The number of hydrogen-bond donors (Lipinski definition) is 0. The molecule has 1 aromatic heterocycles. The zero-order valence-corrected chi connectivity index (χ0v) is 12.7. The van der Waals surface area contributed by atoms with Crippen molar-refractivity contribution in [2.24, 2.45) is 0 Å². The van der Waals surface area contributed by atoms with Gasteiger partial charge in [0.05, 0.1) is 10.7 Å². The first-order valence-electron chi connectivity index (χ1n) is 6.45. The van der Waals surface area contributed by atoms with Gasteiger partial charge in [0.1, 0.15) is 0 Å². The molecule has 116 valence electrons. The summed E-state index contributed by atoms with van der Waals surface area (Å²) in [7, 11) is -2.02. The fourth-order valence-corrected chi connectivity index (χ4v) is 3.06. The van der Waals surface area contributed by atoms with Crippen molar-refractivity contribution in [2.45, 2.75) is 12.3 Å². The molecule has 22 heavy (non-hydrogen) atoms. The lowest BCUT2D eigenvalue weighted by molar-refractivity contribution is -0.384. The number of hydrogen-bond acceptors (Lipinski definition) is 5.